The van der Waals surface area contributed by atoms with Crippen LogP contribution in [0, 0.1) is 0 Å². The summed E-state index contributed by atoms with van der Waals surface area (Å²) in [7, 11) is 3.20. The molecule has 2 aromatic heterocycles. The van der Waals surface area contributed by atoms with Gasteiger partial charge in [-0.25, -0.2) is 14.8 Å². The van der Waals surface area contributed by atoms with Gasteiger partial charge in [0.2, 0.25) is 0 Å². The highest BCUT2D eigenvalue weighted by atomic mass is 16.5. The van der Waals surface area contributed by atoms with Gasteiger partial charge in [0.15, 0.2) is 23.0 Å². The Morgan fingerprint density at radius 2 is 1.90 bits per heavy atom. The van der Waals surface area contributed by atoms with Crippen LogP contribution in [-0.2, 0) is 0 Å². The Balaban J connectivity index is 1.83. The SMILES string of the molecule is COc1ccc(-c2cnc3c(NCCNC(=O)O)nc4ccccc4n23)cc1OC. The molecule has 0 fully saturated rings. The smallest absolute Gasteiger partial charge is 0.404 e. The van der Waals surface area contributed by atoms with Gasteiger partial charge in [0.25, 0.3) is 0 Å². The van der Waals surface area contributed by atoms with Gasteiger partial charge in [-0.3, -0.25) is 4.40 Å². The third-order valence-electron chi connectivity index (χ3n) is 4.70. The van der Waals surface area contributed by atoms with Crippen molar-refractivity contribution in [3.63, 3.8) is 0 Å². The van der Waals surface area contributed by atoms with Gasteiger partial charge < -0.3 is 25.2 Å². The van der Waals surface area contributed by atoms with Gasteiger partial charge in [0, 0.05) is 18.7 Å². The Kier molecular flexibility index (Phi) is 5.25. The second-order valence-corrected chi connectivity index (χ2v) is 6.48. The van der Waals surface area contributed by atoms with Gasteiger partial charge in [-0.1, -0.05) is 12.1 Å². The Bertz CT molecular complexity index is 1220. The summed E-state index contributed by atoms with van der Waals surface area (Å²) in [5.41, 5.74) is 4.13. The highest BCUT2D eigenvalue weighted by Crippen LogP contribution is 2.34. The van der Waals surface area contributed by atoms with E-state index in [9.17, 15) is 4.79 Å². The Hall–Kier alpha value is -4.01. The van der Waals surface area contributed by atoms with Crippen LogP contribution in [0.15, 0.2) is 48.7 Å². The number of hydrogen-bond donors (Lipinski definition) is 3. The van der Waals surface area contributed by atoms with E-state index in [2.05, 4.69) is 20.6 Å². The number of nitrogens with zero attached hydrogens (tertiary/aromatic N) is 3. The molecule has 0 spiro atoms. The molecule has 0 atom stereocenters. The first-order valence-electron chi connectivity index (χ1n) is 9.31. The van der Waals surface area contributed by atoms with Gasteiger partial charge >= 0.3 is 6.09 Å². The van der Waals surface area contributed by atoms with Crippen LogP contribution >= 0.6 is 0 Å². The van der Waals surface area contributed by atoms with Crippen LogP contribution in [0.1, 0.15) is 0 Å². The number of fused-ring (bicyclic) bond motifs is 3. The van der Waals surface area contributed by atoms with Crippen molar-refractivity contribution in [3.8, 4) is 22.8 Å². The topological polar surface area (TPSA) is 110 Å². The van der Waals surface area contributed by atoms with E-state index >= 15 is 0 Å². The highest BCUT2D eigenvalue weighted by Gasteiger charge is 2.16. The van der Waals surface area contributed by atoms with Crippen LogP contribution in [0.2, 0.25) is 0 Å². The van der Waals surface area contributed by atoms with E-state index in [4.69, 9.17) is 14.6 Å². The molecule has 9 heteroatoms. The summed E-state index contributed by atoms with van der Waals surface area (Å²) in [4.78, 5) is 19.9. The van der Waals surface area contributed by atoms with Crippen molar-refractivity contribution in [1.29, 1.82) is 0 Å². The normalized spacial score (nSPS) is 10.9. The summed E-state index contributed by atoms with van der Waals surface area (Å²) in [5, 5.41) is 14.2. The first kappa shape index (κ1) is 19.3. The molecule has 2 heterocycles. The summed E-state index contributed by atoms with van der Waals surface area (Å²) < 4.78 is 12.8. The van der Waals surface area contributed by atoms with Crippen LogP contribution in [0.4, 0.5) is 10.6 Å². The Morgan fingerprint density at radius 3 is 2.67 bits per heavy atom. The Labute approximate surface area is 172 Å². The fraction of sp³-hybridized carbons (Fsp3) is 0.190. The second kappa shape index (κ2) is 8.16. The largest absolute Gasteiger partial charge is 0.493 e. The van der Waals surface area contributed by atoms with Crippen LogP contribution in [0.25, 0.3) is 27.9 Å². The maximum atomic E-state index is 10.7. The lowest BCUT2D eigenvalue weighted by Crippen LogP contribution is -2.27. The van der Waals surface area contributed by atoms with Crippen molar-refractivity contribution in [2.24, 2.45) is 0 Å². The number of anilines is 1. The van der Waals surface area contributed by atoms with Crippen LogP contribution in [-0.4, -0.2) is 52.9 Å². The standard InChI is InChI=1S/C21H21N5O4/c1-29-17-8-7-13(11-18(17)30-2)16-12-24-20-19(22-9-10-23-21(27)28)25-14-5-3-4-6-15(14)26(16)20/h3-8,11-12,23H,9-10H2,1-2H3,(H,22,25)(H,27,28). The molecule has 4 rings (SSSR count). The van der Waals surface area contributed by atoms with Crippen LogP contribution in [0.5, 0.6) is 11.5 Å². The highest BCUT2D eigenvalue weighted by molar-refractivity contribution is 5.86. The van der Waals surface area contributed by atoms with Gasteiger partial charge in [0.1, 0.15) is 0 Å². The van der Waals surface area contributed by atoms with Crippen LogP contribution < -0.4 is 20.1 Å². The maximum Gasteiger partial charge on any atom is 0.404 e. The van der Waals surface area contributed by atoms with Gasteiger partial charge in [-0.15, -0.1) is 0 Å². The van der Waals surface area contributed by atoms with Crippen molar-refractivity contribution < 1.29 is 19.4 Å². The van der Waals surface area contributed by atoms with E-state index in [1.54, 1.807) is 20.4 Å². The minimum Gasteiger partial charge on any atom is -0.493 e. The first-order chi connectivity index (χ1) is 14.6. The lowest BCUT2D eigenvalue weighted by Gasteiger charge is -2.13. The molecule has 3 N–H and O–H groups in total. The van der Waals surface area contributed by atoms with Gasteiger partial charge in [0.05, 0.1) is 37.1 Å². The second-order valence-electron chi connectivity index (χ2n) is 6.48. The number of aromatic nitrogens is 3. The lowest BCUT2D eigenvalue weighted by atomic mass is 10.1. The summed E-state index contributed by atoms with van der Waals surface area (Å²) in [5.74, 6) is 1.85. The monoisotopic (exact) mass is 407 g/mol. The van der Waals surface area contributed by atoms with Crippen molar-refractivity contribution in [1.82, 2.24) is 19.7 Å². The quantitative estimate of drug-likeness (QED) is 0.403. The molecule has 0 aliphatic heterocycles. The summed E-state index contributed by atoms with van der Waals surface area (Å²) >= 11 is 0. The molecule has 0 radical (unpaired) electrons. The number of ether oxygens (including phenoxy) is 2. The fourth-order valence-electron chi connectivity index (χ4n) is 3.35. The minimum absolute atomic E-state index is 0.249. The number of hydrogen-bond acceptors (Lipinski definition) is 6. The molecule has 0 saturated carbocycles. The molecule has 30 heavy (non-hydrogen) atoms. The van der Waals surface area contributed by atoms with E-state index in [0.29, 0.717) is 29.5 Å². The van der Waals surface area contributed by atoms with E-state index < -0.39 is 6.09 Å². The number of carboxylic acid groups (broad SMARTS) is 1. The van der Waals surface area contributed by atoms with Crippen molar-refractivity contribution >= 4 is 28.6 Å². The first-order valence-corrected chi connectivity index (χ1v) is 9.31. The number of para-hydroxylation sites is 2. The maximum absolute atomic E-state index is 10.7. The molecule has 0 aliphatic rings. The molecule has 154 valence electrons. The summed E-state index contributed by atoms with van der Waals surface area (Å²) in [6.07, 6.45) is 0.718. The molecule has 0 bridgehead atoms. The van der Waals surface area contributed by atoms with Crippen molar-refractivity contribution in [2.75, 3.05) is 32.6 Å². The zero-order valence-corrected chi connectivity index (χ0v) is 16.5. The number of amides is 1. The molecule has 0 saturated heterocycles. The summed E-state index contributed by atoms with van der Waals surface area (Å²) in [6, 6.07) is 13.5. The van der Waals surface area contributed by atoms with Gasteiger partial charge in [-0.05, 0) is 30.3 Å². The average Bonchev–Trinajstić information content (AvgIpc) is 3.21. The number of methoxy groups -OCH3 is 2. The summed E-state index contributed by atoms with van der Waals surface area (Å²) in [6.45, 7) is 0.630. The molecular formula is C21H21N5O4. The Morgan fingerprint density at radius 1 is 1.10 bits per heavy atom. The van der Waals surface area contributed by atoms with Crippen molar-refractivity contribution in [3.05, 3.63) is 48.7 Å². The fourth-order valence-corrected chi connectivity index (χ4v) is 3.35. The van der Waals surface area contributed by atoms with E-state index in [1.807, 2.05) is 46.9 Å². The number of carbonyl (C=O) groups is 1. The molecule has 0 unspecified atom stereocenters. The average molecular weight is 407 g/mol. The third-order valence-corrected chi connectivity index (χ3v) is 4.70. The molecule has 0 aliphatic carbocycles. The lowest BCUT2D eigenvalue weighted by molar-refractivity contribution is 0.195. The number of benzene rings is 2. The zero-order valence-electron chi connectivity index (χ0n) is 16.5. The predicted molar refractivity (Wildman–Crippen MR) is 114 cm³/mol. The zero-order chi connectivity index (χ0) is 21.1. The predicted octanol–water partition coefficient (Wildman–Crippen LogP) is 3.25. The van der Waals surface area contributed by atoms with E-state index in [0.717, 1.165) is 22.3 Å². The molecule has 9 nitrogen and oxygen atoms in total. The van der Waals surface area contributed by atoms with Crippen LogP contribution in [0.3, 0.4) is 0 Å². The minimum atomic E-state index is -1.06. The van der Waals surface area contributed by atoms with Crippen molar-refractivity contribution in [2.45, 2.75) is 0 Å². The molecule has 1 amide bonds. The van der Waals surface area contributed by atoms with E-state index in [1.165, 1.54) is 0 Å². The number of nitrogens with one attached hydrogen (secondary N) is 2. The molecular weight excluding hydrogens is 386 g/mol. The molecule has 2 aromatic carbocycles. The number of rotatable bonds is 7. The van der Waals surface area contributed by atoms with E-state index in [-0.39, 0.29) is 6.54 Å². The van der Waals surface area contributed by atoms with Gasteiger partial charge in [-0.2, -0.15) is 0 Å². The number of imidazole rings is 1. The third kappa shape index (κ3) is 3.52. The molecule has 4 aromatic rings.